The van der Waals surface area contributed by atoms with E-state index in [0.29, 0.717) is 12.5 Å². The van der Waals surface area contributed by atoms with Crippen LogP contribution < -0.4 is 5.32 Å². The zero-order chi connectivity index (χ0) is 20.1. The van der Waals surface area contributed by atoms with Crippen molar-refractivity contribution in [2.45, 2.75) is 17.5 Å². The molecule has 0 bridgehead atoms. The monoisotopic (exact) mass is 403 g/mol. The van der Waals surface area contributed by atoms with Gasteiger partial charge in [0.05, 0.1) is 16.0 Å². The Bertz CT molecular complexity index is 913. The van der Waals surface area contributed by atoms with E-state index in [1.807, 2.05) is 0 Å². The van der Waals surface area contributed by atoms with Crippen molar-refractivity contribution in [1.29, 1.82) is 0 Å². The molecule has 0 aliphatic carbocycles. The van der Waals surface area contributed by atoms with E-state index < -0.39 is 39.5 Å². The lowest BCUT2D eigenvalue weighted by atomic mass is 10.1. The quantitative estimate of drug-likeness (QED) is 0.400. The number of alkyl halides is 3. The van der Waals surface area contributed by atoms with Crippen molar-refractivity contribution in [3.05, 3.63) is 65.2 Å². The van der Waals surface area contributed by atoms with Crippen LogP contribution in [0.1, 0.15) is 21.5 Å². The van der Waals surface area contributed by atoms with E-state index in [1.54, 1.807) is 12.1 Å². The molecule has 10 heteroatoms. The van der Waals surface area contributed by atoms with Gasteiger partial charge < -0.3 is 5.11 Å². The smallest absolute Gasteiger partial charge is 0.416 e. The van der Waals surface area contributed by atoms with Crippen LogP contribution in [-0.2, 0) is 26.9 Å². The van der Waals surface area contributed by atoms with E-state index in [0.717, 1.165) is 23.8 Å². The molecule has 0 heterocycles. The summed E-state index contributed by atoms with van der Waals surface area (Å²) in [6.07, 6.45) is -4.25. The van der Waals surface area contributed by atoms with Crippen molar-refractivity contribution in [3.8, 4) is 0 Å². The van der Waals surface area contributed by atoms with E-state index in [-0.39, 0.29) is 12.1 Å². The minimum absolute atomic E-state index is 0.135. The number of nitrogens with one attached hydrogen (secondary N) is 1. The summed E-state index contributed by atoms with van der Waals surface area (Å²) in [5, 5.41) is 11.6. The molecule has 2 aromatic carbocycles. The van der Waals surface area contributed by atoms with E-state index in [4.69, 9.17) is 5.11 Å². The average molecular weight is 403 g/mol. The van der Waals surface area contributed by atoms with Gasteiger partial charge >= 0.3 is 12.1 Å². The molecular weight excluding hydrogens is 387 g/mol. The van der Waals surface area contributed by atoms with Gasteiger partial charge in [0.1, 0.15) is 6.73 Å². The number of aromatic carboxylic acids is 1. The van der Waals surface area contributed by atoms with Gasteiger partial charge in [-0.3, -0.25) is 9.50 Å². The SMILES string of the molecule is O=C(O)c1cccc(CCNCOS(=O)(=O)c2cccc(C(F)(F)F)c2)c1. The van der Waals surface area contributed by atoms with E-state index in [9.17, 15) is 26.4 Å². The van der Waals surface area contributed by atoms with Gasteiger partial charge in [-0.1, -0.05) is 18.2 Å². The lowest BCUT2D eigenvalue weighted by molar-refractivity contribution is -0.137. The third-order valence-corrected chi connectivity index (χ3v) is 4.79. The first-order valence-corrected chi connectivity index (χ1v) is 9.10. The molecule has 0 aliphatic rings. The fourth-order valence-electron chi connectivity index (χ4n) is 2.18. The Morgan fingerprint density at radius 3 is 2.48 bits per heavy atom. The second-order valence-corrected chi connectivity index (χ2v) is 7.11. The van der Waals surface area contributed by atoms with E-state index in [2.05, 4.69) is 9.50 Å². The number of carbonyl (C=O) groups is 1. The lowest BCUT2D eigenvalue weighted by Crippen LogP contribution is -2.23. The summed E-state index contributed by atoms with van der Waals surface area (Å²) in [5.41, 5.74) is -0.225. The Hall–Kier alpha value is -2.43. The normalized spacial score (nSPS) is 12.1. The molecule has 0 saturated heterocycles. The predicted molar refractivity (Wildman–Crippen MR) is 89.7 cm³/mol. The summed E-state index contributed by atoms with van der Waals surface area (Å²) in [6, 6.07) is 9.52. The van der Waals surface area contributed by atoms with Crippen molar-refractivity contribution >= 4 is 16.1 Å². The average Bonchev–Trinajstić information content (AvgIpc) is 2.61. The largest absolute Gasteiger partial charge is 0.478 e. The van der Waals surface area contributed by atoms with E-state index in [1.165, 1.54) is 12.1 Å². The molecule has 146 valence electrons. The van der Waals surface area contributed by atoms with Crippen LogP contribution in [-0.4, -0.2) is 32.8 Å². The summed E-state index contributed by atoms with van der Waals surface area (Å²) in [7, 11) is -4.35. The fourth-order valence-corrected chi connectivity index (χ4v) is 3.07. The number of carboxylic acid groups (broad SMARTS) is 1. The van der Waals surface area contributed by atoms with Gasteiger partial charge in [-0.2, -0.15) is 21.6 Å². The van der Waals surface area contributed by atoms with Crippen LogP contribution in [0.2, 0.25) is 0 Å². The number of hydrogen-bond donors (Lipinski definition) is 2. The van der Waals surface area contributed by atoms with Gasteiger partial charge in [0.2, 0.25) is 0 Å². The topological polar surface area (TPSA) is 92.7 Å². The maximum atomic E-state index is 12.7. The summed E-state index contributed by atoms with van der Waals surface area (Å²) in [4.78, 5) is 10.3. The van der Waals surface area contributed by atoms with Crippen molar-refractivity contribution < 1.29 is 35.7 Å². The first kappa shape index (κ1) is 20.9. The Morgan fingerprint density at radius 2 is 1.81 bits per heavy atom. The zero-order valence-corrected chi connectivity index (χ0v) is 14.7. The van der Waals surface area contributed by atoms with Gasteiger partial charge in [0, 0.05) is 6.54 Å². The highest BCUT2D eigenvalue weighted by atomic mass is 32.2. The maximum Gasteiger partial charge on any atom is 0.416 e. The summed E-state index contributed by atoms with van der Waals surface area (Å²) >= 11 is 0. The van der Waals surface area contributed by atoms with Crippen LogP contribution in [0, 0.1) is 0 Å². The van der Waals surface area contributed by atoms with Crippen LogP contribution in [0.3, 0.4) is 0 Å². The molecule has 0 atom stereocenters. The van der Waals surface area contributed by atoms with Gasteiger partial charge in [-0.25, -0.2) is 4.79 Å². The molecule has 0 fully saturated rings. The molecule has 0 amide bonds. The van der Waals surface area contributed by atoms with Gasteiger partial charge in [-0.15, -0.1) is 0 Å². The maximum absolute atomic E-state index is 12.7. The molecule has 0 aromatic heterocycles. The Balaban J connectivity index is 1.88. The van der Waals surface area contributed by atoms with Crippen molar-refractivity contribution in [2.75, 3.05) is 13.3 Å². The molecule has 0 spiro atoms. The van der Waals surface area contributed by atoms with Crippen molar-refractivity contribution in [1.82, 2.24) is 5.32 Å². The fraction of sp³-hybridized carbons (Fsp3) is 0.235. The molecule has 27 heavy (non-hydrogen) atoms. The summed E-state index contributed by atoms with van der Waals surface area (Å²) < 4.78 is 66.6. The molecule has 2 aromatic rings. The van der Waals surface area contributed by atoms with Crippen LogP contribution in [0.4, 0.5) is 13.2 Å². The van der Waals surface area contributed by atoms with E-state index >= 15 is 0 Å². The van der Waals surface area contributed by atoms with Gasteiger partial charge in [-0.05, 0) is 42.3 Å². The zero-order valence-electron chi connectivity index (χ0n) is 13.9. The second kappa shape index (κ2) is 8.51. The highest BCUT2D eigenvalue weighted by Gasteiger charge is 2.31. The molecule has 0 aliphatic heterocycles. The Kier molecular flexibility index (Phi) is 6.58. The second-order valence-electron chi connectivity index (χ2n) is 5.50. The van der Waals surface area contributed by atoms with Crippen LogP contribution in [0.15, 0.2) is 53.4 Å². The Morgan fingerprint density at radius 1 is 1.11 bits per heavy atom. The third kappa shape index (κ3) is 6.05. The Labute approximate surface area is 153 Å². The summed E-state index contributed by atoms with van der Waals surface area (Å²) in [5.74, 6) is -1.06. The highest BCUT2D eigenvalue weighted by Crippen LogP contribution is 2.30. The molecule has 6 nitrogen and oxygen atoms in total. The van der Waals surface area contributed by atoms with Crippen LogP contribution in [0.25, 0.3) is 0 Å². The van der Waals surface area contributed by atoms with Gasteiger partial charge in [0.15, 0.2) is 0 Å². The minimum atomic E-state index is -4.66. The first-order valence-electron chi connectivity index (χ1n) is 7.69. The number of rotatable bonds is 8. The highest BCUT2D eigenvalue weighted by molar-refractivity contribution is 7.86. The van der Waals surface area contributed by atoms with Gasteiger partial charge in [0.25, 0.3) is 10.1 Å². The first-order chi connectivity index (χ1) is 12.6. The van der Waals surface area contributed by atoms with Crippen molar-refractivity contribution in [3.63, 3.8) is 0 Å². The number of benzene rings is 2. The molecule has 2 rings (SSSR count). The van der Waals surface area contributed by atoms with Crippen LogP contribution in [0.5, 0.6) is 0 Å². The number of carboxylic acids is 1. The number of halogens is 3. The molecular formula is C17H16F3NO5S. The molecule has 0 unspecified atom stereocenters. The van der Waals surface area contributed by atoms with Crippen molar-refractivity contribution in [2.24, 2.45) is 0 Å². The standard InChI is InChI=1S/C17H16F3NO5S/c18-17(19,20)14-5-2-6-15(10-14)27(24,25)26-11-21-8-7-12-3-1-4-13(9-12)16(22)23/h1-6,9-10,21H,7-8,11H2,(H,22,23). The summed E-state index contributed by atoms with van der Waals surface area (Å²) in [6.45, 7) is -0.154. The predicted octanol–water partition coefficient (Wildman–Crippen LogP) is 2.90. The lowest BCUT2D eigenvalue weighted by Gasteiger charge is -2.10. The molecule has 2 N–H and O–H groups in total. The molecule has 0 saturated carbocycles. The van der Waals surface area contributed by atoms with Crippen LogP contribution >= 0.6 is 0 Å². The minimum Gasteiger partial charge on any atom is -0.478 e. The third-order valence-electron chi connectivity index (χ3n) is 3.53. The molecule has 0 radical (unpaired) electrons. The number of hydrogen-bond acceptors (Lipinski definition) is 5.